The van der Waals surface area contributed by atoms with Crippen molar-refractivity contribution in [1.29, 1.82) is 0 Å². The quantitative estimate of drug-likeness (QED) is 0.778. The molecule has 1 amide bonds. The Bertz CT molecular complexity index is 470. The molecule has 1 heterocycles. The minimum Gasteiger partial charge on any atom is -0.351 e. The lowest BCUT2D eigenvalue weighted by molar-refractivity contribution is -0.124. The molecule has 0 aromatic rings. The van der Waals surface area contributed by atoms with Crippen molar-refractivity contribution in [3.63, 3.8) is 0 Å². The summed E-state index contributed by atoms with van der Waals surface area (Å²) < 4.78 is 22.9. The minimum atomic E-state index is -3.10. The number of alkyl halides is 1. The van der Waals surface area contributed by atoms with E-state index >= 15 is 0 Å². The Morgan fingerprint density at radius 3 is 2.00 bits per heavy atom. The van der Waals surface area contributed by atoms with E-state index < -0.39 is 21.3 Å². The molecule has 1 N–H and O–H groups in total. The van der Waals surface area contributed by atoms with Crippen LogP contribution in [0.1, 0.15) is 27.7 Å². The van der Waals surface area contributed by atoms with Gasteiger partial charge in [0.05, 0.1) is 22.9 Å². The second-order valence-electron chi connectivity index (χ2n) is 6.58. The zero-order chi connectivity index (χ0) is 13.9. The number of hydrogen-bond acceptors (Lipinski definition) is 3. The standard InChI is InChI=1S/C12H20ClNO3S/c1-11(2)9(12(11,3)4)10(15)14-8-6-18(16,17)5-7(8)13/h7-9H,5-6H2,1-4H3,(H,14,15). The third-order valence-corrected chi connectivity index (χ3v) is 7.27. The molecule has 6 heteroatoms. The van der Waals surface area contributed by atoms with Crippen molar-refractivity contribution in [3.05, 3.63) is 0 Å². The fourth-order valence-electron chi connectivity index (χ4n) is 3.05. The molecule has 104 valence electrons. The van der Waals surface area contributed by atoms with Gasteiger partial charge in [-0.3, -0.25) is 4.79 Å². The maximum Gasteiger partial charge on any atom is 0.224 e. The van der Waals surface area contributed by atoms with Crippen LogP contribution in [0.3, 0.4) is 0 Å². The van der Waals surface area contributed by atoms with Crippen molar-refractivity contribution in [2.75, 3.05) is 11.5 Å². The molecule has 4 nitrogen and oxygen atoms in total. The number of carbonyl (C=O) groups is 1. The molecule has 0 aromatic heterocycles. The zero-order valence-electron chi connectivity index (χ0n) is 11.2. The molecule has 2 aliphatic rings. The van der Waals surface area contributed by atoms with Crippen LogP contribution in [0, 0.1) is 16.7 Å². The number of sulfone groups is 1. The van der Waals surface area contributed by atoms with E-state index in [1.54, 1.807) is 0 Å². The highest BCUT2D eigenvalue weighted by Crippen LogP contribution is 2.68. The number of nitrogens with one attached hydrogen (secondary N) is 1. The van der Waals surface area contributed by atoms with Gasteiger partial charge in [-0.05, 0) is 10.8 Å². The Morgan fingerprint density at radius 2 is 1.67 bits per heavy atom. The molecule has 0 bridgehead atoms. The normalized spacial score (nSPS) is 36.3. The molecule has 2 rings (SSSR count). The highest BCUT2D eigenvalue weighted by molar-refractivity contribution is 7.91. The van der Waals surface area contributed by atoms with Gasteiger partial charge in [0.25, 0.3) is 0 Å². The predicted octanol–water partition coefficient (Wildman–Crippen LogP) is 1.19. The zero-order valence-corrected chi connectivity index (χ0v) is 12.7. The molecular formula is C12H20ClNO3S. The predicted molar refractivity (Wildman–Crippen MR) is 71.3 cm³/mol. The maximum absolute atomic E-state index is 12.2. The average Bonchev–Trinajstić information content (AvgIpc) is 2.39. The van der Waals surface area contributed by atoms with Gasteiger partial charge in [0.15, 0.2) is 9.84 Å². The largest absolute Gasteiger partial charge is 0.351 e. The third-order valence-electron chi connectivity index (χ3n) is 4.89. The van der Waals surface area contributed by atoms with Crippen molar-refractivity contribution in [1.82, 2.24) is 5.32 Å². The summed E-state index contributed by atoms with van der Waals surface area (Å²) in [5, 5.41) is 2.30. The van der Waals surface area contributed by atoms with Crippen molar-refractivity contribution >= 4 is 27.3 Å². The van der Waals surface area contributed by atoms with E-state index in [2.05, 4.69) is 33.0 Å². The number of halogens is 1. The lowest BCUT2D eigenvalue weighted by Crippen LogP contribution is -2.42. The van der Waals surface area contributed by atoms with E-state index in [1.165, 1.54) is 0 Å². The van der Waals surface area contributed by atoms with Crippen molar-refractivity contribution < 1.29 is 13.2 Å². The van der Waals surface area contributed by atoms with Crippen LogP contribution in [-0.2, 0) is 14.6 Å². The monoisotopic (exact) mass is 293 g/mol. The Hall–Kier alpha value is -0.290. The van der Waals surface area contributed by atoms with Gasteiger partial charge in [0, 0.05) is 5.92 Å². The van der Waals surface area contributed by atoms with Crippen LogP contribution in [-0.4, -0.2) is 37.2 Å². The highest BCUT2D eigenvalue weighted by atomic mass is 35.5. The Morgan fingerprint density at radius 1 is 1.17 bits per heavy atom. The van der Waals surface area contributed by atoms with Crippen LogP contribution < -0.4 is 5.32 Å². The van der Waals surface area contributed by atoms with Crippen LogP contribution in [0.15, 0.2) is 0 Å². The molecule has 1 saturated heterocycles. The highest BCUT2D eigenvalue weighted by Gasteiger charge is 2.68. The second kappa shape index (κ2) is 3.85. The smallest absolute Gasteiger partial charge is 0.224 e. The molecule has 1 saturated carbocycles. The summed E-state index contributed by atoms with van der Waals surface area (Å²) in [6, 6.07) is -0.448. The number of carbonyl (C=O) groups excluding carboxylic acids is 1. The first-order chi connectivity index (χ1) is 7.99. The molecule has 2 atom stereocenters. The van der Waals surface area contributed by atoms with Gasteiger partial charge in [-0.25, -0.2) is 8.42 Å². The van der Waals surface area contributed by atoms with Crippen LogP contribution >= 0.6 is 11.6 Å². The summed E-state index contributed by atoms with van der Waals surface area (Å²) in [4.78, 5) is 12.2. The van der Waals surface area contributed by atoms with E-state index in [0.717, 1.165) is 0 Å². The molecule has 18 heavy (non-hydrogen) atoms. The van der Waals surface area contributed by atoms with Gasteiger partial charge in [-0.1, -0.05) is 27.7 Å². The SMILES string of the molecule is CC1(C)C(C(=O)NC2CS(=O)(=O)CC2Cl)C1(C)C. The van der Waals surface area contributed by atoms with Gasteiger partial charge >= 0.3 is 0 Å². The molecule has 2 fully saturated rings. The van der Waals surface area contributed by atoms with E-state index in [4.69, 9.17) is 11.6 Å². The average molecular weight is 294 g/mol. The van der Waals surface area contributed by atoms with Gasteiger partial charge in [0.1, 0.15) is 0 Å². The third kappa shape index (κ3) is 2.05. The summed E-state index contributed by atoms with van der Waals surface area (Å²) in [7, 11) is -3.10. The van der Waals surface area contributed by atoms with Crippen LogP contribution in [0.2, 0.25) is 0 Å². The van der Waals surface area contributed by atoms with Crippen molar-refractivity contribution in [2.45, 2.75) is 39.1 Å². The Labute approximate surface area is 113 Å². The van der Waals surface area contributed by atoms with Gasteiger partial charge in [-0.2, -0.15) is 0 Å². The van der Waals surface area contributed by atoms with Crippen LogP contribution in [0.4, 0.5) is 0 Å². The first-order valence-corrected chi connectivity index (χ1v) is 8.40. The van der Waals surface area contributed by atoms with Crippen molar-refractivity contribution in [2.24, 2.45) is 16.7 Å². The first-order valence-electron chi connectivity index (χ1n) is 6.14. The second-order valence-corrected chi connectivity index (χ2v) is 9.30. The van der Waals surface area contributed by atoms with Gasteiger partial charge in [0.2, 0.25) is 5.91 Å². The molecule has 1 aliphatic heterocycles. The topological polar surface area (TPSA) is 63.2 Å². The summed E-state index contributed by atoms with van der Waals surface area (Å²) in [5.41, 5.74) is -0.0905. The molecule has 0 radical (unpaired) electrons. The van der Waals surface area contributed by atoms with Gasteiger partial charge < -0.3 is 5.32 Å². The summed E-state index contributed by atoms with van der Waals surface area (Å²) in [6.07, 6.45) is 0. The number of rotatable bonds is 2. The molecule has 2 unspecified atom stereocenters. The number of hydrogen-bond donors (Lipinski definition) is 1. The van der Waals surface area contributed by atoms with E-state index in [1.807, 2.05) is 0 Å². The fourth-order valence-corrected chi connectivity index (χ4v) is 5.60. The summed E-state index contributed by atoms with van der Waals surface area (Å²) in [6.45, 7) is 8.23. The minimum absolute atomic E-state index is 0.0412. The molecular weight excluding hydrogens is 274 g/mol. The van der Waals surface area contributed by atoms with Crippen LogP contribution in [0.5, 0.6) is 0 Å². The number of amides is 1. The van der Waals surface area contributed by atoms with Gasteiger partial charge in [-0.15, -0.1) is 11.6 Å². The van der Waals surface area contributed by atoms with Crippen molar-refractivity contribution in [3.8, 4) is 0 Å². The maximum atomic E-state index is 12.2. The molecule has 0 aromatic carbocycles. The van der Waals surface area contributed by atoms with E-state index in [-0.39, 0.29) is 34.2 Å². The van der Waals surface area contributed by atoms with E-state index in [9.17, 15) is 13.2 Å². The van der Waals surface area contributed by atoms with Crippen LogP contribution in [0.25, 0.3) is 0 Å². The Kier molecular flexibility index (Phi) is 3.02. The lowest BCUT2D eigenvalue weighted by Gasteiger charge is -2.15. The first kappa shape index (κ1) is 14.1. The van der Waals surface area contributed by atoms with E-state index in [0.29, 0.717) is 0 Å². The lowest BCUT2D eigenvalue weighted by atomic mass is 10.0. The summed E-state index contributed by atoms with van der Waals surface area (Å²) in [5.74, 6) is -0.229. The Balaban J connectivity index is 2.03. The molecule has 1 aliphatic carbocycles. The fraction of sp³-hybridized carbons (Fsp3) is 0.917. The summed E-state index contributed by atoms with van der Waals surface area (Å²) >= 11 is 5.98. The molecule has 0 spiro atoms.